The first-order valence-electron chi connectivity index (χ1n) is 9.86. The van der Waals surface area contributed by atoms with Gasteiger partial charge in [-0.15, -0.1) is 0 Å². The number of piperidine rings is 2. The Labute approximate surface area is 156 Å². The van der Waals surface area contributed by atoms with Gasteiger partial charge in [0.1, 0.15) is 0 Å². The van der Waals surface area contributed by atoms with Crippen LogP contribution in [0, 0.1) is 6.92 Å². The van der Waals surface area contributed by atoms with Crippen LogP contribution in [0.4, 0.5) is 0 Å². The molecule has 26 heavy (non-hydrogen) atoms. The lowest BCUT2D eigenvalue weighted by Crippen LogP contribution is -2.56. The summed E-state index contributed by atoms with van der Waals surface area (Å²) in [7, 11) is 0. The molecule has 136 valence electrons. The van der Waals surface area contributed by atoms with Gasteiger partial charge in [-0.3, -0.25) is 9.69 Å². The maximum absolute atomic E-state index is 12.5. The molecular weight excluding hydrogens is 320 g/mol. The van der Waals surface area contributed by atoms with Gasteiger partial charge in [-0.2, -0.15) is 0 Å². The molecule has 1 N–H and O–H groups in total. The smallest absolute Gasteiger partial charge is 0.251 e. The second-order valence-corrected chi connectivity index (χ2v) is 7.90. The molecule has 2 aliphatic heterocycles. The zero-order valence-corrected chi connectivity index (χ0v) is 15.5. The Morgan fingerprint density at radius 3 is 2.31 bits per heavy atom. The highest BCUT2D eigenvalue weighted by atomic mass is 16.1. The molecular formula is C23H28N2O. The van der Waals surface area contributed by atoms with Gasteiger partial charge in [0.2, 0.25) is 0 Å². The monoisotopic (exact) mass is 348 g/mol. The second-order valence-electron chi connectivity index (χ2n) is 7.90. The molecule has 2 aliphatic rings. The van der Waals surface area contributed by atoms with Gasteiger partial charge in [0.05, 0.1) is 0 Å². The van der Waals surface area contributed by atoms with Crippen molar-refractivity contribution in [3.05, 3.63) is 71.3 Å². The summed E-state index contributed by atoms with van der Waals surface area (Å²) in [6.07, 6.45) is 5.96. The van der Waals surface area contributed by atoms with Crippen LogP contribution < -0.4 is 5.32 Å². The van der Waals surface area contributed by atoms with Crippen LogP contribution in [0.3, 0.4) is 0 Å². The summed E-state index contributed by atoms with van der Waals surface area (Å²) in [6, 6.07) is 20.0. The number of nitrogens with one attached hydrogen (secondary N) is 1. The minimum absolute atomic E-state index is 0.0701. The van der Waals surface area contributed by atoms with Crippen molar-refractivity contribution in [1.29, 1.82) is 0 Å². The van der Waals surface area contributed by atoms with E-state index in [2.05, 4.69) is 41.4 Å². The highest BCUT2D eigenvalue weighted by molar-refractivity contribution is 5.94. The van der Waals surface area contributed by atoms with Crippen molar-refractivity contribution in [2.24, 2.45) is 0 Å². The molecule has 2 heterocycles. The van der Waals surface area contributed by atoms with Gasteiger partial charge in [-0.1, -0.05) is 54.4 Å². The lowest BCUT2D eigenvalue weighted by molar-refractivity contribution is 0.0177. The van der Waals surface area contributed by atoms with Crippen LogP contribution in [0.15, 0.2) is 54.6 Å². The van der Waals surface area contributed by atoms with Crippen molar-refractivity contribution in [2.75, 3.05) is 0 Å². The van der Waals surface area contributed by atoms with Crippen LogP contribution in [-0.2, 0) is 6.54 Å². The molecule has 0 aliphatic carbocycles. The third-order valence-corrected chi connectivity index (χ3v) is 5.98. The largest absolute Gasteiger partial charge is 0.349 e. The van der Waals surface area contributed by atoms with Crippen LogP contribution in [0.5, 0.6) is 0 Å². The molecule has 2 saturated heterocycles. The lowest BCUT2D eigenvalue weighted by Gasteiger charge is -2.49. The first-order chi connectivity index (χ1) is 12.7. The number of benzene rings is 2. The number of amides is 1. The minimum Gasteiger partial charge on any atom is -0.349 e. The lowest BCUT2D eigenvalue weighted by atomic mass is 9.81. The highest BCUT2D eigenvalue weighted by Gasteiger charge is 2.38. The SMILES string of the molecule is Cc1ccc(CN2C3CCCC2CC(NC(=O)c2ccccc2)C3)cc1. The normalized spacial score (nSPS) is 25.7. The standard InChI is InChI=1S/C23H28N2O/c1-17-10-12-18(13-11-17)16-25-21-8-5-9-22(25)15-20(14-21)24-23(26)19-6-3-2-4-7-19/h2-4,6-7,10-13,20-22H,5,8-9,14-16H2,1H3,(H,24,26). The average Bonchev–Trinajstić information content (AvgIpc) is 2.65. The van der Waals surface area contributed by atoms with Gasteiger partial charge in [-0.25, -0.2) is 0 Å². The van der Waals surface area contributed by atoms with Gasteiger partial charge in [0, 0.05) is 30.2 Å². The zero-order chi connectivity index (χ0) is 17.9. The predicted molar refractivity (Wildman–Crippen MR) is 105 cm³/mol. The molecule has 4 rings (SSSR count). The van der Waals surface area contributed by atoms with E-state index < -0.39 is 0 Å². The number of carbonyl (C=O) groups is 1. The summed E-state index contributed by atoms with van der Waals surface area (Å²) in [5.41, 5.74) is 3.48. The van der Waals surface area contributed by atoms with Crippen molar-refractivity contribution in [1.82, 2.24) is 10.2 Å². The molecule has 0 saturated carbocycles. The van der Waals surface area contributed by atoms with E-state index in [4.69, 9.17) is 0 Å². The third kappa shape index (κ3) is 3.83. The van der Waals surface area contributed by atoms with Crippen molar-refractivity contribution >= 4 is 5.91 Å². The molecule has 1 amide bonds. The number of hydrogen-bond acceptors (Lipinski definition) is 2. The summed E-state index contributed by atoms with van der Waals surface area (Å²) < 4.78 is 0. The summed E-state index contributed by atoms with van der Waals surface area (Å²) in [5.74, 6) is 0.0701. The van der Waals surface area contributed by atoms with Crippen LogP contribution in [0.2, 0.25) is 0 Å². The molecule has 2 atom stereocenters. The Hall–Kier alpha value is -2.13. The molecule has 0 aromatic heterocycles. The van der Waals surface area contributed by atoms with Crippen molar-refractivity contribution in [3.63, 3.8) is 0 Å². The minimum atomic E-state index is 0.0701. The van der Waals surface area contributed by atoms with Crippen LogP contribution in [0.1, 0.15) is 53.6 Å². The Kier molecular flexibility index (Phi) is 5.07. The van der Waals surface area contributed by atoms with E-state index in [1.165, 1.54) is 30.4 Å². The Morgan fingerprint density at radius 1 is 1.00 bits per heavy atom. The molecule has 3 nitrogen and oxygen atoms in total. The average molecular weight is 348 g/mol. The first-order valence-corrected chi connectivity index (χ1v) is 9.86. The fourth-order valence-electron chi connectivity index (χ4n) is 4.62. The topological polar surface area (TPSA) is 32.3 Å². The van der Waals surface area contributed by atoms with E-state index in [9.17, 15) is 4.79 Å². The van der Waals surface area contributed by atoms with Gasteiger partial charge in [-0.05, 0) is 50.3 Å². The van der Waals surface area contributed by atoms with Crippen LogP contribution in [-0.4, -0.2) is 28.9 Å². The summed E-state index contributed by atoms with van der Waals surface area (Å²) >= 11 is 0. The molecule has 2 aromatic rings. The Balaban J connectivity index is 1.41. The van der Waals surface area contributed by atoms with E-state index in [-0.39, 0.29) is 5.91 Å². The zero-order valence-electron chi connectivity index (χ0n) is 15.5. The van der Waals surface area contributed by atoms with Crippen LogP contribution >= 0.6 is 0 Å². The molecule has 0 spiro atoms. The summed E-state index contributed by atoms with van der Waals surface area (Å²) in [5, 5.41) is 3.29. The second kappa shape index (κ2) is 7.63. The first kappa shape index (κ1) is 17.3. The number of nitrogens with zero attached hydrogens (tertiary/aromatic N) is 1. The fourth-order valence-corrected chi connectivity index (χ4v) is 4.62. The van der Waals surface area contributed by atoms with E-state index in [0.717, 1.165) is 24.9 Å². The number of hydrogen-bond donors (Lipinski definition) is 1. The van der Waals surface area contributed by atoms with Gasteiger partial charge < -0.3 is 5.32 Å². The van der Waals surface area contributed by atoms with Gasteiger partial charge >= 0.3 is 0 Å². The molecule has 2 fully saturated rings. The third-order valence-electron chi connectivity index (χ3n) is 5.98. The van der Waals surface area contributed by atoms with Gasteiger partial charge in [0.15, 0.2) is 0 Å². The summed E-state index contributed by atoms with van der Waals surface area (Å²) in [4.78, 5) is 15.2. The summed E-state index contributed by atoms with van der Waals surface area (Å²) in [6.45, 7) is 3.17. The van der Waals surface area contributed by atoms with Crippen molar-refractivity contribution in [2.45, 2.75) is 63.7 Å². The van der Waals surface area contributed by atoms with E-state index in [1.807, 2.05) is 30.3 Å². The van der Waals surface area contributed by atoms with E-state index >= 15 is 0 Å². The molecule has 0 radical (unpaired) electrons. The quantitative estimate of drug-likeness (QED) is 0.893. The van der Waals surface area contributed by atoms with E-state index in [0.29, 0.717) is 18.1 Å². The van der Waals surface area contributed by atoms with Gasteiger partial charge in [0.25, 0.3) is 5.91 Å². The van der Waals surface area contributed by atoms with Crippen LogP contribution in [0.25, 0.3) is 0 Å². The van der Waals surface area contributed by atoms with E-state index in [1.54, 1.807) is 0 Å². The highest BCUT2D eigenvalue weighted by Crippen LogP contribution is 2.35. The Bertz CT molecular complexity index is 727. The molecule has 2 aromatic carbocycles. The molecule has 2 unspecified atom stereocenters. The van der Waals surface area contributed by atoms with Crippen molar-refractivity contribution < 1.29 is 4.79 Å². The molecule has 2 bridgehead atoms. The number of aryl methyl sites for hydroxylation is 1. The number of rotatable bonds is 4. The number of carbonyl (C=O) groups excluding carboxylic acids is 1. The number of fused-ring (bicyclic) bond motifs is 2. The maximum Gasteiger partial charge on any atom is 0.251 e. The predicted octanol–water partition coefficient (Wildman–Crippen LogP) is 4.31. The maximum atomic E-state index is 12.5. The molecule has 3 heteroatoms. The van der Waals surface area contributed by atoms with Crippen molar-refractivity contribution in [3.8, 4) is 0 Å². The Morgan fingerprint density at radius 2 is 1.65 bits per heavy atom. The fraction of sp³-hybridized carbons (Fsp3) is 0.435.